The Kier molecular flexibility index (Phi) is 2.12. The first-order chi connectivity index (χ1) is 6.20. The molecule has 0 aliphatic rings. The van der Waals surface area contributed by atoms with Crippen molar-refractivity contribution < 1.29 is 0 Å². The SMILES string of the molecule is CCc1cc2cc(C)cc(C)c2s1. The highest BCUT2D eigenvalue weighted by Crippen LogP contribution is 2.29. The predicted molar refractivity (Wildman–Crippen MR) is 60.7 cm³/mol. The van der Waals surface area contributed by atoms with Crippen molar-refractivity contribution in [2.45, 2.75) is 27.2 Å². The van der Waals surface area contributed by atoms with Crippen LogP contribution in [0.1, 0.15) is 22.9 Å². The van der Waals surface area contributed by atoms with Crippen LogP contribution in [0.15, 0.2) is 18.2 Å². The number of fused-ring (bicyclic) bond motifs is 1. The highest BCUT2D eigenvalue weighted by molar-refractivity contribution is 7.19. The van der Waals surface area contributed by atoms with Crippen molar-refractivity contribution in [1.29, 1.82) is 0 Å². The maximum atomic E-state index is 2.32. The van der Waals surface area contributed by atoms with Gasteiger partial charge in [-0.05, 0) is 37.3 Å². The molecule has 1 aromatic heterocycles. The number of benzene rings is 1. The second-order valence-electron chi connectivity index (χ2n) is 3.57. The molecule has 2 aromatic rings. The third-order valence-corrected chi connectivity index (χ3v) is 3.78. The van der Waals surface area contributed by atoms with E-state index in [1.807, 2.05) is 11.3 Å². The Hall–Kier alpha value is -0.820. The van der Waals surface area contributed by atoms with E-state index in [1.54, 1.807) is 0 Å². The Labute approximate surface area is 83.2 Å². The highest BCUT2D eigenvalue weighted by atomic mass is 32.1. The maximum Gasteiger partial charge on any atom is 0.0375 e. The molecule has 0 amide bonds. The van der Waals surface area contributed by atoms with Crippen molar-refractivity contribution in [2.75, 3.05) is 0 Å². The smallest absolute Gasteiger partial charge is 0.0375 e. The van der Waals surface area contributed by atoms with E-state index < -0.39 is 0 Å². The van der Waals surface area contributed by atoms with Crippen molar-refractivity contribution in [3.05, 3.63) is 34.2 Å². The fourth-order valence-corrected chi connectivity index (χ4v) is 2.79. The lowest BCUT2D eigenvalue weighted by atomic mass is 10.1. The number of aryl methyl sites for hydroxylation is 3. The minimum Gasteiger partial charge on any atom is -0.140 e. The molecule has 0 saturated carbocycles. The number of hydrogen-bond acceptors (Lipinski definition) is 1. The van der Waals surface area contributed by atoms with Crippen LogP contribution in [0.2, 0.25) is 0 Å². The fraction of sp³-hybridized carbons (Fsp3) is 0.333. The molecule has 0 nitrogen and oxygen atoms in total. The quantitative estimate of drug-likeness (QED) is 0.635. The largest absolute Gasteiger partial charge is 0.140 e. The summed E-state index contributed by atoms with van der Waals surface area (Å²) in [7, 11) is 0. The lowest BCUT2D eigenvalue weighted by molar-refractivity contribution is 1.19. The van der Waals surface area contributed by atoms with Crippen LogP contribution in [-0.2, 0) is 6.42 Å². The molecule has 0 atom stereocenters. The summed E-state index contributed by atoms with van der Waals surface area (Å²) in [4.78, 5) is 1.49. The molecular formula is C12H14S. The summed E-state index contributed by atoms with van der Waals surface area (Å²) in [6.45, 7) is 6.58. The molecule has 0 aliphatic carbocycles. The van der Waals surface area contributed by atoms with Gasteiger partial charge in [0.05, 0.1) is 0 Å². The van der Waals surface area contributed by atoms with Gasteiger partial charge in [-0.1, -0.05) is 24.6 Å². The van der Waals surface area contributed by atoms with Gasteiger partial charge >= 0.3 is 0 Å². The number of hydrogen-bond donors (Lipinski definition) is 0. The molecule has 0 radical (unpaired) electrons. The van der Waals surface area contributed by atoms with Gasteiger partial charge in [0.25, 0.3) is 0 Å². The molecule has 0 aliphatic heterocycles. The normalized spacial score (nSPS) is 11.0. The fourth-order valence-electron chi connectivity index (χ4n) is 1.74. The molecule has 13 heavy (non-hydrogen) atoms. The molecule has 0 saturated heterocycles. The van der Waals surface area contributed by atoms with E-state index in [1.165, 1.54) is 26.1 Å². The van der Waals surface area contributed by atoms with Gasteiger partial charge in [-0.3, -0.25) is 0 Å². The summed E-state index contributed by atoms with van der Waals surface area (Å²) in [5.41, 5.74) is 2.78. The van der Waals surface area contributed by atoms with Gasteiger partial charge in [-0.2, -0.15) is 0 Å². The second-order valence-corrected chi connectivity index (χ2v) is 4.70. The Morgan fingerprint density at radius 2 is 1.92 bits per heavy atom. The third-order valence-electron chi connectivity index (χ3n) is 2.35. The lowest BCUT2D eigenvalue weighted by Crippen LogP contribution is -1.75. The summed E-state index contributed by atoms with van der Waals surface area (Å²) >= 11 is 1.93. The van der Waals surface area contributed by atoms with Gasteiger partial charge in [0.2, 0.25) is 0 Å². The second kappa shape index (κ2) is 3.15. The van der Waals surface area contributed by atoms with Crippen molar-refractivity contribution in [2.24, 2.45) is 0 Å². The zero-order valence-corrected chi connectivity index (χ0v) is 9.16. The zero-order chi connectivity index (χ0) is 9.42. The summed E-state index contributed by atoms with van der Waals surface area (Å²) in [6, 6.07) is 6.86. The molecular weight excluding hydrogens is 176 g/mol. The Balaban J connectivity index is 2.75. The van der Waals surface area contributed by atoms with Gasteiger partial charge in [-0.25, -0.2) is 0 Å². The van der Waals surface area contributed by atoms with Gasteiger partial charge in [-0.15, -0.1) is 11.3 Å². The van der Waals surface area contributed by atoms with E-state index in [2.05, 4.69) is 39.0 Å². The summed E-state index contributed by atoms with van der Waals surface area (Å²) in [5.74, 6) is 0. The van der Waals surface area contributed by atoms with Crippen molar-refractivity contribution in [3.8, 4) is 0 Å². The lowest BCUT2D eigenvalue weighted by Gasteiger charge is -1.97. The Bertz CT molecular complexity index is 438. The third kappa shape index (κ3) is 1.49. The molecule has 2 rings (SSSR count). The molecule has 0 fully saturated rings. The first-order valence-corrected chi connectivity index (χ1v) is 5.52. The van der Waals surface area contributed by atoms with Gasteiger partial charge in [0, 0.05) is 9.58 Å². The van der Waals surface area contributed by atoms with Crippen LogP contribution in [0.4, 0.5) is 0 Å². The average Bonchev–Trinajstić information content (AvgIpc) is 2.47. The van der Waals surface area contributed by atoms with E-state index in [4.69, 9.17) is 0 Å². The van der Waals surface area contributed by atoms with Crippen molar-refractivity contribution >= 4 is 21.4 Å². The van der Waals surface area contributed by atoms with Crippen LogP contribution in [0, 0.1) is 13.8 Å². The van der Waals surface area contributed by atoms with E-state index in [0.717, 1.165) is 6.42 Å². The predicted octanol–water partition coefficient (Wildman–Crippen LogP) is 4.08. The number of rotatable bonds is 1. The molecule has 0 N–H and O–H groups in total. The molecule has 1 heteroatoms. The van der Waals surface area contributed by atoms with E-state index in [0.29, 0.717) is 0 Å². The van der Waals surface area contributed by atoms with Gasteiger partial charge in [0.1, 0.15) is 0 Å². The number of thiophene rings is 1. The molecule has 0 spiro atoms. The molecule has 1 heterocycles. The van der Waals surface area contributed by atoms with E-state index in [-0.39, 0.29) is 0 Å². The minimum absolute atomic E-state index is 1.15. The average molecular weight is 190 g/mol. The van der Waals surface area contributed by atoms with E-state index in [9.17, 15) is 0 Å². The van der Waals surface area contributed by atoms with Crippen LogP contribution in [0.25, 0.3) is 10.1 Å². The Morgan fingerprint density at radius 1 is 1.15 bits per heavy atom. The van der Waals surface area contributed by atoms with Crippen LogP contribution in [0.5, 0.6) is 0 Å². The first kappa shape index (κ1) is 8.76. The van der Waals surface area contributed by atoms with Crippen LogP contribution in [-0.4, -0.2) is 0 Å². The van der Waals surface area contributed by atoms with Crippen LogP contribution in [0.3, 0.4) is 0 Å². The van der Waals surface area contributed by atoms with Crippen molar-refractivity contribution in [3.63, 3.8) is 0 Å². The summed E-state index contributed by atoms with van der Waals surface area (Å²) in [5, 5.41) is 1.42. The monoisotopic (exact) mass is 190 g/mol. The minimum atomic E-state index is 1.15. The van der Waals surface area contributed by atoms with Crippen LogP contribution < -0.4 is 0 Å². The highest BCUT2D eigenvalue weighted by Gasteiger charge is 2.03. The van der Waals surface area contributed by atoms with Gasteiger partial charge < -0.3 is 0 Å². The maximum absolute atomic E-state index is 2.32. The topological polar surface area (TPSA) is 0 Å². The zero-order valence-electron chi connectivity index (χ0n) is 8.35. The van der Waals surface area contributed by atoms with Crippen LogP contribution >= 0.6 is 11.3 Å². The summed E-state index contributed by atoms with van der Waals surface area (Å²) < 4.78 is 1.46. The summed E-state index contributed by atoms with van der Waals surface area (Å²) in [6.07, 6.45) is 1.15. The molecule has 0 unspecified atom stereocenters. The molecule has 0 bridgehead atoms. The first-order valence-electron chi connectivity index (χ1n) is 4.70. The van der Waals surface area contributed by atoms with Crippen molar-refractivity contribution in [1.82, 2.24) is 0 Å². The van der Waals surface area contributed by atoms with E-state index >= 15 is 0 Å². The standard InChI is InChI=1S/C12H14S/c1-4-11-7-10-6-8(2)5-9(3)12(10)13-11/h5-7H,4H2,1-3H3. The molecule has 68 valence electrons. The molecule has 1 aromatic carbocycles. The van der Waals surface area contributed by atoms with Gasteiger partial charge in [0.15, 0.2) is 0 Å². The Morgan fingerprint density at radius 3 is 2.62 bits per heavy atom.